The number of rotatable bonds is 5. The van der Waals surface area contributed by atoms with Gasteiger partial charge in [0.15, 0.2) is 0 Å². The van der Waals surface area contributed by atoms with Crippen molar-refractivity contribution in [2.24, 2.45) is 0 Å². The fraction of sp³-hybridized carbons (Fsp3) is 0.353. The molecular weight excluding hydrogens is 310 g/mol. The van der Waals surface area contributed by atoms with E-state index in [1.54, 1.807) is 6.26 Å². The molecule has 5 nitrogen and oxygen atoms in total. The van der Waals surface area contributed by atoms with Crippen molar-refractivity contribution in [1.82, 2.24) is 10.2 Å². The van der Waals surface area contributed by atoms with Crippen LogP contribution in [0.25, 0.3) is 11.0 Å². The van der Waals surface area contributed by atoms with Gasteiger partial charge in [0.2, 0.25) is 11.0 Å². The molecule has 3 aromatic rings. The average Bonchev–Trinajstić information content (AvgIpc) is 3.14. The molecule has 0 bridgehead atoms. The predicted molar refractivity (Wildman–Crippen MR) is 91.9 cm³/mol. The third kappa shape index (κ3) is 3.42. The number of carbonyl (C=O) groups is 1. The highest BCUT2D eigenvalue weighted by molar-refractivity contribution is 7.15. The first kappa shape index (κ1) is 15.7. The Morgan fingerprint density at radius 1 is 1.35 bits per heavy atom. The second-order valence-electron chi connectivity index (χ2n) is 5.77. The van der Waals surface area contributed by atoms with Gasteiger partial charge in [0, 0.05) is 16.9 Å². The Bertz CT molecular complexity index is 835. The summed E-state index contributed by atoms with van der Waals surface area (Å²) in [4.78, 5) is 12.2. The number of aryl methyl sites for hydroxylation is 1. The van der Waals surface area contributed by atoms with Crippen molar-refractivity contribution in [3.63, 3.8) is 0 Å². The van der Waals surface area contributed by atoms with E-state index in [1.165, 1.54) is 16.9 Å². The van der Waals surface area contributed by atoms with Crippen molar-refractivity contribution in [3.05, 3.63) is 40.6 Å². The lowest BCUT2D eigenvalue weighted by molar-refractivity contribution is -0.115. The fourth-order valence-corrected chi connectivity index (χ4v) is 3.10. The molecule has 6 heteroatoms. The van der Waals surface area contributed by atoms with Gasteiger partial charge < -0.3 is 9.73 Å². The molecule has 0 unspecified atom stereocenters. The number of hydrogen-bond acceptors (Lipinski definition) is 5. The number of furan rings is 1. The Labute approximate surface area is 138 Å². The van der Waals surface area contributed by atoms with Crippen molar-refractivity contribution < 1.29 is 9.21 Å². The van der Waals surface area contributed by atoms with E-state index in [4.69, 9.17) is 4.42 Å². The molecule has 0 aliphatic carbocycles. The molecule has 23 heavy (non-hydrogen) atoms. The first-order chi connectivity index (χ1) is 11.1. The maximum atomic E-state index is 12.2. The number of fused-ring (bicyclic) bond motifs is 1. The summed E-state index contributed by atoms with van der Waals surface area (Å²) in [6.07, 6.45) is 2.87. The van der Waals surface area contributed by atoms with Crippen molar-refractivity contribution in [2.75, 3.05) is 5.32 Å². The van der Waals surface area contributed by atoms with Gasteiger partial charge in [-0.05, 0) is 24.1 Å². The van der Waals surface area contributed by atoms with E-state index in [9.17, 15) is 4.79 Å². The Kier molecular flexibility index (Phi) is 4.43. The smallest absolute Gasteiger partial charge is 0.230 e. The summed E-state index contributed by atoms with van der Waals surface area (Å²) in [6, 6.07) is 6.09. The average molecular weight is 329 g/mol. The van der Waals surface area contributed by atoms with E-state index < -0.39 is 0 Å². The van der Waals surface area contributed by atoms with Crippen LogP contribution in [0.3, 0.4) is 0 Å². The normalized spacial score (nSPS) is 11.3. The minimum absolute atomic E-state index is 0.110. The van der Waals surface area contributed by atoms with Crippen LogP contribution in [-0.2, 0) is 17.6 Å². The van der Waals surface area contributed by atoms with Gasteiger partial charge in [-0.25, -0.2) is 0 Å². The Balaban J connectivity index is 1.74. The molecule has 1 amide bonds. The molecule has 0 radical (unpaired) electrons. The summed E-state index contributed by atoms with van der Waals surface area (Å²) in [7, 11) is 0. The lowest BCUT2D eigenvalue weighted by atomic mass is 10.1. The number of nitrogens with zero attached hydrogens (tertiary/aromatic N) is 2. The summed E-state index contributed by atoms with van der Waals surface area (Å²) >= 11 is 1.41. The summed E-state index contributed by atoms with van der Waals surface area (Å²) in [5.74, 6) is 0.199. The number of nitrogens with one attached hydrogen (secondary N) is 1. The molecule has 0 saturated carbocycles. The van der Waals surface area contributed by atoms with Crippen molar-refractivity contribution >= 4 is 33.3 Å². The zero-order valence-corrected chi connectivity index (χ0v) is 14.2. The van der Waals surface area contributed by atoms with Crippen molar-refractivity contribution in [1.29, 1.82) is 0 Å². The standard InChI is InChI=1S/C17H19N3O2S/c1-4-11-5-6-14-13(7-11)12(9-22-14)8-15(21)18-17-20-19-16(23-17)10(2)3/h5-7,9-10H,4,8H2,1-3H3,(H,18,20,21). The molecule has 0 spiro atoms. The molecule has 120 valence electrons. The summed E-state index contributed by atoms with van der Waals surface area (Å²) in [5, 5.41) is 13.4. The highest BCUT2D eigenvalue weighted by Crippen LogP contribution is 2.25. The molecule has 0 atom stereocenters. The molecule has 0 fully saturated rings. The van der Waals surface area contributed by atoms with E-state index >= 15 is 0 Å². The fourth-order valence-electron chi connectivity index (χ4n) is 2.34. The van der Waals surface area contributed by atoms with E-state index in [0.29, 0.717) is 11.0 Å². The predicted octanol–water partition coefficient (Wildman–Crippen LogP) is 4.15. The van der Waals surface area contributed by atoms with Crippen LogP contribution in [-0.4, -0.2) is 16.1 Å². The van der Waals surface area contributed by atoms with E-state index in [2.05, 4.69) is 42.4 Å². The van der Waals surface area contributed by atoms with Gasteiger partial charge in [-0.3, -0.25) is 4.79 Å². The van der Waals surface area contributed by atoms with Crippen LogP contribution in [0.1, 0.15) is 42.8 Å². The Morgan fingerprint density at radius 2 is 2.17 bits per heavy atom. The lowest BCUT2D eigenvalue weighted by Gasteiger charge is -2.01. The van der Waals surface area contributed by atoms with Crippen LogP contribution in [0.5, 0.6) is 0 Å². The van der Waals surface area contributed by atoms with Gasteiger partial charge in [-0.15, -0.1) is 10.2 Å². The minimum Gasteiger partial charge on any atom is -0.464 e. The van der Waals surface area contributed by atoms with Crippen LogP contribution in [0, 0.1) is 0 Å². The molecule has 0 aliphatic rings. The molecule has 0 aliphatic heterocycles. The highest BCUT2D eigenvalue weighted by Gasteiger charge is 2.14. The SMILES string of the molecule is CCc1ccc2occ(CC(=O)Nc3nnc(C(C)C)s3)c2c1. The first-order valence-corrected chi connectivity index (χ1v) is 8.50. The molecule has 2 aromatic heterocycles. The van der Waals surface area contributed by atoms with E-state index in [-0.39, 0.29) is 12.3 Å². The van der Waals surface area contributed by atoms with Crippen molar-refractivity contribution in [3.8, 4) is 0 Å². The zero-order valence-electron chi connectivity index (χ0n) is 13.4. The van der Waals surface area contributed by atoms with Gasteiger partial charge >= 0.3 is 0 Å². The zero-order chi connectivity index (χ0) is 16.4. The topological polar surface area (TPSA) is 68.0 Å². The van der Waals surface area contributed by atoms with Gasteiger partial charge in [-0.1, -0.05) is 38.2 Å². The molecule has 0 saturated heterocycles. The molecule has 1 N–H and O–H groups in total. The third-order valence-corrected chi connectivity index (χ3v) is 4.80. The Morgan fingerprint density at radius 3 is 2.87 bits per heavy atom. The largest absolute Gasteiger partial charge is 0.464 e. The molecule has 3 rings (SSSR count). The summed E-state index contributed by atoms with van der Waals surface area (Å²) < 4.78 is 5.53. The summed E-state index contributed by atoms with van der Waals surface area (Å²) in [6.45, 7) is 6.21. The number of carbonyl (C=O) groups excluding carboxylic acids is 1. The minimum atomic E-state index is -0.110. The Hall–Kier alpha value is -2.21. The van der Waals surface area contributed by atoms with Gasteiger partial charge in [0.1, 0.15) is 10.6 Å². The van der Waals surface area contributed by atoms with E-state index in [1.807, 2.05) is 12.1 Å². The molecular formula is C17H19N3O2S. The summed E-state index contributed by atoms with van der Waals surface area (Å²) in [5.41, 5.74) is 2.93. The lowest BCUT2D eigenvalue weighted by Crippen LogP contribution is -2.14. The number of aromatic nitrogens is 2. The molecule has 1 aromatic carbocycles. The number of benzene rings is 1. The molecule has 2 heterocycles. The number of anilines is 1. The van der Waals surface area contributed by atoms with Gasteiger partial charge in [-0.2, -0.15) is 0 Å². The number of amides is 1. The maximum Gasteiger partial charge on any atom is 0.230 e. The quantitative estimate of drug-likeness (QED) is 0.763. The monoisotopic (exact) mass is 329 g/mol. The van der Waals surface area contributed by atoms with Crippen LogP contribution < -0.4 is 5.32 Å². The number of hydrogen-bond donors (Lipinski definition) is 1. The van der Waals surface area contributed by atoms with E-state index in [0.717, 1.165) is 28.0 Å². The third-order valence-electron chi connectivity index (χ3n) is 3.66. The van der Waals surface area contributed by atoms with Crippen molar-refractivity contribution in [2.45, 2.75) is 39.5 Å². The van der Waals surface area contributed by atoms with Crippen LogP contribution in [0.4, 0.5) is 5.13 Å². The highest BCUT2D eigenvalue weighted by atomic mass is 32.1. The second-order valence-corrected chi connectivity index (χ2v) is 6.78. The van der Waals surface area contributed by atoms with Crippen LogP contribution in [0.15, 0.2) is 28.9 Å². The van der Waals surface area contributed by atoms with Gasteiger partial charge in [0.25, 0.3) is 0 Å². The van der Waals surface area contributed by atoms with Crippen LogP contribution >= 0.6 is 11.3 Å². The second kappa shape index (κ2) is 6.50. The first-order valence-electron chi connectivity index (χ1n) is 7.69. The van der Waals surface area contributed by atoms with Gasteiger partial charge in [0.05, 0.1) is 12.7 Å². The van der Waals surface area contributed by atoms with Crippen LogP contribution in [0.2, 0.25) is 0 Å². The maximum absolute atomic E-state index is 12.2.